The lowest BCUT2D eigenvalue weighted by Gasteiger charge is -2.16. The lowest BCUT2D eigenvalue weighted by molar-refractivity contribution is 0.620. The van der Waals surface area contributed by atoms with Gasteiger partial charge in [0, 0.05) is 11.3 Å². The molecule has 0 spiro atoms. The quantitative estimate of drug-likeness (QED) is 0.905. The minimum Gasteiger partial charge on any atom is -0.362 e. The molecule has 2 nitrogen and oxygen atoms in total. The minimum atomic E-state index is 0.460. The molecule has 0 saturated carbocycles. The molecule has 2 rings (SSSR count). The van der Waals surface area contributed by atoms with E-state index in [-0.39, 0.29) is 0 Å². The van der Waals surface area contributed by atoms with Crippen molar-refractivity contribution in [2.24, 2.45) is 10.9 Å². The Hall–Kier alpha value is -0.480. The highest BCUT2D eigenvalue weighted by Gasteiger charge is 2.23. The van der Waals surface area contributed by atoms with Gasteiger partial charge in [0.05, 0.1) is 6.54 Å². The van der Waals surface area contributed by atoms with Crippen LogP contribution in [0.15, 0.2) is 21.8 Å². The summed E-state index contributed by atoms with van der Waals surface area (Å²) in [4.78, 5) is 4.58. The molecule has 4 heteroatoms. The molecule has 1 N–H and O–H groups in total. The lowest BCUT2D eigenvalue weighted by atomic mass is 10.1. The zero-order valence-electron chi connectivity index (χ0n) is 10.6. The normalized spacial score (nSPS) is 21.6. The van der Waals surface area contributed by atoms with Crippen molar-refractivity contribution in [1.29, 1.82) is 0 Å². The summed E-state index contributed by atoms with van der Waals surface area (Å²) >= 11 is 3.67. The molecule has 1 aromatic rings. The van der Waals surface area contributed by atoms with Crippen molar-refractivity contribution in [3.05, 3.63) is 22.4 Å². The minimum absolute atomic E-state index is 0.460. The predicted molar refractivity (Wildman–Crippen MR) is 79.1 cm³/mol. The van der Waals surface area contributed by atoms with E-state index in [9.17, 15) is 0 Å². The van der Waals surface area contributed by atoms with E-state index < -0.39 is 0 Å². The number of aliphatic imine (C=N–C) groups is 1. The maximum absolute atomic E-state index is 4.58. The molecule has 1 aliphatic heterocycles. The first-order valence-electron chi connectivity index (χ1n) is 6.14. The van der Waals surface area contributed by atoms with Crippen LogP contribution in [0.3, 0.4) is 0 Å². The highest BCUT2D eigenvalue weighted by atomic mass is 32.2. The summed E-state index contributed by atoms with van der Waals surface area (Å²) in [6.45, 7) is 7.73. The average Bonchev–Trinajstić information content (AvgIpc) is 2.88. The summed E-state index contributed by atoms with van der Waals surface area (Å²) in [5.74, 6) is 0.704. The SMILES string of the molecule is CC(Cc1ccsc1)NC1=NCC(C(C)C)S1. The number of nitrogens with zero attached hydrogens (tertiary/aromatic N) is 1. The van der Waals surface area contributed by atoms with Gasteiger partial charge in [0.2, 0.25) is 0 Å². The molecule has 94 valence electrons. The Labute approximate surface area is 112 Å². The lowest BCUT2D eigenvalue weighted by Crippen LogP contribution is -2.31. The van der Waals surface area contributed by atoms with Crippen LogP contribution in [0.2, 0.25) is 0 Å². The van der Waals surface area contributed by atoms with Crippen LogP contribution in [0.4, 0.5) is 0 Å². The van der Waals surface area contributed by atoms with Crippen molar-refractivity contribution in [2.45, 2.75) is 38.5 Å². The first-order chi connectivity index (χ1) is 8.15. The van der Waals surface area contributed by atoms with Crippen LogP contribution in [0.1, 0.15) is 26.3 Å². The molecule has 0 fully saturated rings. The van der Waals surface area contributed by atoms with Crippen LogP contribution in [0.5, 0.6) is 0 Å². The Bertz CT molecular complexity index is 371. The highest BCUT2D eigenvalue weighted by molar-refractivity contribution is 8.14. The van der Waals surface area contributed by atoms with Crippen LogP contribution in [-0.2, 0) is 6.42 Å². The average molecular weight is 268 g/mol. The molecule has 0 amide bonds. The van der Waals surface area contributed by atoms with Gasteiger partial charge in [-0.25, -0.2) is 0 Å². The van der Waals surface area contributed by atoms with Crippen molar-refractivity contribution in [2.75, 3.05) is 6.54 Å². The largest absolute Gasteiger partial charge is 0.362 e. The summed E-state index contributed by atoms with van der Waals surface area (Å²) < 4.78 is 0. The van der Waals surface area contributed by atoms with Crippen LogP contribution in [0.25, 0.3) is 0 Å². The topological polar surface area (TPSA) is 24.4 Å². The van der Waals surface area contributed by atoms with Gasteiger partial charge in [-0.15, -0.1) is 0 Å². The van der Waals surface area contributed by atoms with Crippen molar-refractivity contribution < 1.29 is 0 Å². The fourth-order valence-electron chi connectivity index (χ4n) is 1.84. The third-order valence-electron chi connectivity index (χ3n) is 2.91. The molecule has 2 heterocycles. The number of rotatable bonds is 4. The second kappa shape index (κ2) is 5.91. The second-order valence-corrected chi connectivity index (χ2v) is 6.94. The predicted octanol–water partition coefficient (Wildman–Crippen LogP) is 3.40. The monoisotopic (exact) mass is 268 g/mol. The number of thioether (sulfide) groups is 1. The summed E-state index contributed by atoms with van der Waals surface area (Å²) in [5.41, 5.74) is 1.42. The second-order valence-electron chi connectivity index (χ2n) is 4.93. The molecule has 0 saturated heterocycles. The van der Waals surface area contributed by atoms with E-state index in [0.29, 0.717) is 17.2 Å². The van der Waals surface area contributed by atoms with Gasteiger partial charge in [0.1, 0.15) is 0 Å². The van der Waals surface area contributed by atoms with Gasteiger partial charge >= 0.3 is 0 Å². The molecule has 0 aromatic carbocycles. The van der Waals surface area contributed by atoms with Crippen LogP contribution in [0, 0.1) is 5.92 Å². The number of nitrogens with one attached hydrogen (secondary N) is 1. The van der Waals surface area contributed by atoms with Crippen molar-refractivity contribution in [3.8, 4) is 0 Å². The van der Waals surface area contributed by atoms with E-state index in [4.69, 9.17) is 0 Å². The van der Waals surface area contributed by atoms with Gasteiger partial charge in [0.25, 0.3) is 0 Å². The molecule has 1 aromatic heterocycles. The number of thiophene rings is 1. The summed E-state index contributed by atoms with van der Waals surface area (Å²) in [6.07, 6.45) is 1.08. The molecule has 2 unspecified atom stereocenters. The highest BCUT2D eigenvalue weighted by Crippen LogP contribution is 2.26. The fraction of sp³-hybridized carbons (Fsp3) is 0.615. The van der Waals surface area contributed by atoms with Crippen LogP contribution < -0.4 is 5.32 Å². The third kappa shape index (κ3) is 3.75. The van der Waals surface area contributed by atoms with Crippen LogP contribution >= 0.6 is 23.1 Å². The van der Waals surface area contributed by atoms with Gasteiger partial charge in [0.15, 0.2) is 5.17 Å². The Morgan fingerprint density at radius 1 is 1.47 bits per heavy atom. The molecule has 2 atom stereocenters. The Kier molecular flexibility index (Phi) is 4.51. The number of hydrogen-bond acceptors (Lipinski definition) is 4. The Morgan fingerprint density at radius 3 is 2.88 bits per heavy atom. The molecular weight excluding hydrogens is 248 g/mol. The number of amidine groups is 1. The molecule has 0 bridgehead atoms. The first kappa shape index (κ1) is 13.0. The first-order valence-corrected chi connectivity index (χ1v) is 7.96. The number of hydrogen-bond donors (Lipinski definition) is 1. The zero-order valence-corrected chi connectivity index (χ0v) is 12.3. The summed E-state index contributed by atoms with van der Waals surface area (Å²) in [6, 6.07) is 2.66. The standard InChI is InChI=1S/C13H20N2S2/c1-9(2)12-7-14-13(17-12)15-10(3)6-11-4-5-16-8-11/h4-5,8-10,12H,6-7H2,1-3H3,(H,14,15). The summed E-state index contributed by atoms with van der Waals surface area (Å²) in [7, 11) is 0. The molecule has 1 aliphatic rings. The van der Waals surface area contributed by atoms with Gasteiger partial charge in [-0.3, -0.25) is 4.99 Å². The van der Waals surface area contributed by atoms with E-state index in [1.165, 1.54) is 5.56 Å². The van der Waals surface area contributed by atoms with E-state index in [1.807, 2.05) is 11.8 Å². The van der Waals surface area contributed by atoms with E-state index in [1.54, 1.807) is 11.3 Å². The van der Waals surface area contributed by atoms with Gasteiger partial charge in [-0.2, -0.15) is 11.3 Å². The van der Waals surface area contributed by atoms with E-state index in [2.05, 4.69) is 47.9 Å². The van der Waals surface area contributed by atoms with Crippen molar-refractivity contribution in [1.82, 2.24) is 5.32 Å². The molecule has 0 radical (unpaired) electrons. The zero-order chi connectivity index (χ0) is 12.3. The molecular formula is C13H20N2S2. The fourth-order valence-corrected chi connectivity index (χ4v) is 3.65. The van der Waals surface area contributed by atoms with Gasteiger partial charge in [-0.05, 0) is 41.7 Å². The van der Waals surface area contributed by atoms with Gasteiger partial charge in [-0.1, -0.05) is 25.6 Å². The van der Waals surface area contributed by atoms with Gasteiger partial charge < -0.3 is 5.32 Å². The molecule has 0 aliphatic carbocycles. The summed E-state index contributed by atoms with van der Waals surface area (Å²) in [5, 5.41) is 9.67. The molecule has 17 heavy (non-hydrogen) atoms. The van der Waals surface area contributed by atoms with Crippen molar-refractivity contribution in [3.63, 3.8) is 0 Å². The van der Waals surface area contributed by atoms with E-state index in [0.717, 1.165) is 18.1 Å². The van der Waals surface area contributed by atoms with Crippen molar-refractivity contribution >= 4 is 28.3 Å². The Morgan fingerprint density at radius 2 is 2.29 bits per heavy atom. The smallest absolute Gasteiger partial charge is 0.157 e. The maximum Gasteiger partial charge on any atom is 0.157 e. The van der Waals surface area contributed by atoms with Crippen LogP contribution in [-0.4, -0.2) is 23.0 Å². The maximum atomic E-state index is 4.58. The Balaban J connectivity index is 1.78. The van der Waals surface area contributed by atoms with E-state index >= 15 is 0 Å². The third-order valence-corrected chi connectivity index (χ3v) is 5.11.